The SMILES string of the molecule is CCC[C@@H](C)NC(=O)c1ccc(C(F)(F)F)nc1. The number of carbonyl (C=O) groups is 1. The molecule has 0 saturated heterocycles. The van der Waals surface area contributed by atoms with Crippen LogP contribution >= 0.6 is 0 Å². The highest BCUT2D eigenvalue weighted by Gasteiger charge is 2.32. The third kappa shape index (κ3) is 4.01. The van der Waals surface area contributed by atoms with E-state index >= 15 is 0 Å². The molecule has 1 atom stereocenters. The molecule has 0 aromatic carbocycles. The number of nitrogens with one attached hydrogen (secondary N) is 1. The minimum atomic E-state index is -4.48. The molecule has 18 heavy (non-hydrogen) atoms. The normalized spacial score (nSPS) is 13.2. The average Bonchev–Trinajstić information content (AvgIpc) is 2.28. The van der Waals surface area contributed by atoms with Crippen molar-refractivity contribution in [1.29, 1.82) is 0 Å². The first-order valence-corrected chi connectivity index (χ1v) is 5.68. The van der Waals surface area contributed by atoms with Gasteiger partial charge in [0.15, 0.2) is 0 Å². The van der Waals surface area contributed by atoms with Gasteiger partial charge in [0.25, 0.3) is 5.91 Å². The lowest BCUT2D eigenvalue weighted by Crippen LogP contribution is -2.32. The van der Waals surface area contributed by atoms with Gasteiger partial charge in [0, 0.05) is 12.2 Å². The van der Waals surface area contributed by atoms with Crippen LogP contribution in [-0.4, -0.2) is 16.9 Å². The minimum absolute atomic E-state index is 0.00945. The largest absolute Gasteiger partial charge is 0.433 e. The topological polar surface area (TPSA) is 42.0 Å². The molecule has 100 valence electrons. The van der Waals surface area contributed by atoms with E-state index in [1.165, 1.54) is 0 Å². The molecule has 1 heterocycles. The highest BCUT2D eigenvalue weighted by Crippen LogP contribution is 2.27. The van der Waals surface area contributed by atoms with Crippen LogP contribution in [0.3, 0.4) is 0 Å². The van der Waals surface area contributed by atoms with Crippen LogP contribution in [0.25, 0.3) is 0 Å². The lowest BCUT2D eigenvalue weighted by molar-refractivity contribution is -0.141. The van der Waals surface area contributed by atoms with Crippen molar-refractivity contribution < 1.29 is 18.0 Å². The number of nitrogens with zero attached hydrogens (tertiary/aromatic N) is 1. The molecule has 0 fully saturated rings. The molecule has 0 saturated carbocycles. The summed E-state index contributed by atoms with van der Waals surface area (Å²) in [7, 11) is 0. The Labute approximate surface area is 103 Å². The average molecular weight is 260 g/mol. The lowest BCUT2D eigenvalue weighted by atomic mass is 10.1. The van der Waals surface area contributed by atoms with Crippen LogP contribution in [0.5, 0.6) is 0 Å². The first-order chi connectivity index (χ1) is 8.34. The molecule has 0 aliphatic carbocycles. The van der Waals surface area contributed by atoms with Gasteiger partial charge >= 0.3 is 6.18 Å². The molecule has 1 aromatic rings. The van der Waals surface area contributed by atoms with Gasteiger partial charge in [-0.3, -0.25) is 9.78 Å². The summed E-state index contributed by atoms with van der Waals surface area (Å²) in [5.41, 5.74) is -0.869. The molecule has 1 amide bonds. The van der Waals surface area contributed by atoms with E-state index in [1.807, 2.05) is 13.8 Å². The van der Waals surface area contributed by atoms with Gasteiger partial charge in [-0.25, -0.2) is 0 Å². The second-order valence-electron chi connectivity index (χ2n) is 4.09. The van der Waals surface area contributed by atoms with E-state index in [2.05, 4.69) is 10.3 Å². The summed E-state index contributed by atoms with van der Waals surface area (Å²) in [6.07, 6.45) is -1.80. The van der Waals surface area contributed by atoms with E-state index in [0.717, 1.165) is 31.2 Å². The zero-order valence-corrected chi connectivity index (χ0v) is 10.2. The van der Waals surface area contributed by atoms with Crippen LogP contribution in [-0.2, 0) is 6.18 Å². The number of hydrogen-bond acceptors (Lipinski definition) is 2. The second kappa shape index (κ2) is 5.84. The number of pyridine rings is 1. The van der Waals surface area contributed by atoms with Gasteiger partial charge in [0.2, 0.25) is 0 Å². The number of carbonyl (C=O) groups excluding carboxylic acids is 1. The Kier molecular flexibility index (Phi) is 4.69. The number of hydrogen-bond donors (Lipinski definition) is 1. The molecular weight excluding hydrogens is 245 g/mol. The minimum Gasteiger partial charge on any atom is -0.350 e. The fourth-order valence-electron chi connectivity index (χ4n) is 1.51. The van der Waals surface area contributed by atoms with E-state index in [9.17, 15) is 18.0 Å². The van der Waals surface area contributed by atoms with Gasteiger partial charge in [-0.2, -0.15) is 13.2 Å². The summed E-state index contributed by atoms with van der Waals surface area (Å²) in [6.45, 7) is 3.83. The Hall–Kier alpha value is -1.59. The molecule has 0 aliphatic heterocycles. The molecule has 1 N–H and O–H groups in total. The molecule has 0 bridgehead atoms. The van der Waals surface area contributed by atoms with E-state index in [1.54, 1.807) is 0 Å². The van der Waals surface area contributed by atoms with Crippen LogP contribution in [0.2, 0.25) is 0 Å². The number of amides is 1. The summed E-state index contributed by atoms with van der Waals surface area (Å²) < 4.78 is 36.8. The number of rotatable bonds is 4. The predicted molar refractivity (Wildman–Crippen MR) is 61.1 cm³/mol. The summed E-state index contributed by atoms with van der Waals surface area (Å²) in [6, 6.07) is 1.92. The van der Waals surface area contributed by atoms with Gasteiger partial charge < -0.3 is 5.32 Å². The molecule has 0 spiro atoms. The van der Waals surface area contributed by atoms with Gasteiger partial charge in [0.05, 0.1) is 5.56 Å². The third-order valence-corrected chi connectivity index (χ3v) is 2.42. The van der Waals surface area contributed by atoms with Crippen LogP contribution in [0.4, 0.5) is 13.2 Å². The number of halogens is 3. The van der Waals surface area contributed by atoms with Gasteiger partial charge in [-0.15, -0.1) is 0 Å². The molecule has 0 unspecified atom stereocenters. The molecule has 1 aromatic heterocycles. The Morgan fingerprint density at radius 1 is 1.44 bits per heavy atom. The highest BCUT2D eigenvalue weighted by molar-refractivity contribution is 5.94. The lowest BCUT2D eigenvalue weighted by Gasteiger charge is -2.12. The first kappa shape index (κ1) is 14.5. The van der Waals surface area contributed by atoms with Crippen molar-refractivity contribution in [3.05, 3.63) is 29.6 Å². The zero-order valence-electron chi connectivity index (χ0n) is 10.2. The number of alkyl halides is 3. The van der Waals surface area contributed by atoms with Crippen molar-refractivity contribution in [3.8, 4) is 0 Å². The van der Waals surface area contributed by atoms with Crippen molar-refractivity contribution in [2.24, 2.45) is 0 Å². The molecule has 0 aliphatic rings. The molecular formula is C12H15F3N2O. The van der Waals surface area contributed by atoms with Gasteiger partial charge in [-0.05, 0) is 25.5 Å². The van der Waals surface area contributed by atoms with Crippen LogP contribution < -0.4 is 5.32 Å². The standard InChI is InChI=1S/C12H15F3N2O/c1-3-4-8(2)17-11(18)9-5-6-10(16-7-9)12(13,14)15/h5-8H,3-4H2,1-2H3,(H,17,18)/t8-/m1/s1. The van der Waals surface area contributed by atoms with Crippen LogP contribution in [0.1, 0.15) is 42.7 Å². The third-order valence-electron chi connectivity index (χ3n) is 2.42. The molecule has 1 rings (SSSR count). The van der Waals surface area contributed by atoms with Crippen molar-refractivity contribution >= 4 is 5.91 Å². The number of aromatic nitrogens is 1. The van der Waals surface area contributed by atoms with Crippen molar-refractivity contribution in [2.45, 2.75) is 38.9 Å². The quantitative estimate of drug-likeness (QED) is 0.904. The smallest absolute Gasteiger partial charge is 0.350 e. The molecule has 6 heteroatoms. The summed E-state index contributed by atoms with van der Waals surface area (Å²) >= 11 is 0. The summed E-state index contributed by atoms with van der Waals surface area (Å²) in [5.74, 6) is -0.405. The van der Waals surface area contributed by atoms with Crippen molar-refractivity contribution in [2.75, 3.05) is 0 Å². The Bertz CT molecular complexity index is 401. The van der Waals surface area contributed by atoms with Crippen molar-refractivity contribution in [3.63, 3.8) is 0 Å². The fourth-order valence-corrected chi connectivity index (χ4v) is 1.51. The predicted octanol–water partition coefficient (Wildman–Crippen LogP) is 3.02. The maximum atomic E-state index is 12.3. The van der Waals surface area contributed by atoms with E-state index in [-0.39, 0.29) is 11.6 Å². The Morgan fingerprint density at radius 3 is 2.56 bits per heavy atom. The zero-order chi connectivity index (χ0) is 13.8. The molecule has 0 radical (unpaired) electrons. The maximum Gasteiger partial charge on any atom is 0.433 e. The Balaban J connectivity index is 2.71. The van der Waals surface area contributed by atoms with E-state index < -0.39 is 17.8 Å². The van der Waals surface area contributed by atoms with Gasteiger partial charge in [-0.1, -0.05) is 13.3 Å². The monoisotopic (exact) mass is 260 g/mol. The molecule has 3 nitrogen and oxygen atoms in total. The highest BCUT2D eigenvalue weighted by atomic mass is 19.4. The maximum absolute atomic E-state index is 12.3. The van der Waals surface area contributed by atoms with Crippen LogP contribution in [0.15, 0.2) is 18.3 Å². The van der Waals surface area contributed by atoms with E-state index in [0.29, 0.717) is 0 Å². The summed E-state index contributed by atoms with van der Waals surface area (Å²) in [5, 5.41) is 2.70. The summed E-state index contributed by atoms with van der Waals surface area (Å²) in [4.78, 5) is 14.9. The first-order valence-electron chi connectivity index (χ1n) is 5.68. The second-order valence-corrected chi connectivity index (χ2v) is 4.09. The van der Waals surface area contributed by atoms with Gasteiger partial charge in [0.1, 0.15) is 5.69 Å². The van der Waals surface area contributed by atoms with Crippen molar-refractivity contribution in [1.82, 2.24) is 10.3 Å². The van der Waals surface area contributed by atoms with Crippen LogP contribution in [0, 0.1) is 0 Å². The fraction of sp³-hybridized carbons (Fsp3) is 0.500. The van der Waals surface area contributed by atoms with E-state index in [4.69, 9.17) is 0 Å². The Morgan fingerprint density at radius 2 is 2.11 bits per heavy atom.